The summed E-state index contributed by atoms with van der Waals surface area (Å²) in [5.74, 6) is 0. The van der Waals surface area contributed by atoms with Crippen molar-refractivity contribution in [3.63, 3.8) is 0 Å². The van der Waals surface area contributed by atoms with Crippen LogP contribution in [0.15, 0.2) is 0 Å². The van der Waals surface area contributed by atoms with Crippen LogP contribution in [0.25, 0.3) is 0 Å². The average Bonchev–Trinajstić information content (AvgIpc) is 1.41. The van der Waals surface area contributed by atoms with Gasteiger partial charge in [-0.15, -0.1) is 10.1 Å². The molecule has 0 atom stereocenters. The average molecular weight is 114 g/mol. The molecule has 38 valence electrons. The molecule has 0 aliphatic carbocycles. The largest absolute Gasteiger partial charge is 0.328 e. The summed E-state index contributed by atoms with van der Waals surface area (Å²) in [6.45, 7) is 0. The lowest BCUT2D eigenvalue weighted by Crippen LogP contribution is -1.81. The molecular formula is H3ClN2O3. The second kappa shape index (κ2) is 8.82. The first-order valence-electron chi connectivity index (χ1n) is 0.783. The van der Waals surface area contributed by atoms with Gasteiger partial charge in [-0.05, 0) is 11.8 Å². The zero-order chi connectivity index (χ0) is 5.58. The molecule has 0 spiro atoms. The Morgan fingerprint density at radius 2 is 1.83 bits per heavy atom. The molecule has 0 saturated carbocycles. The lowest BCUT2D eigenvalue weighted by molar-refractivity contribution is -0.742. The molecule has 0 fully saturated rings. The maximum atomic E-state index is 8.36. The third-order valence-electron chi connectivity index (χ3n) is 0. The van der Waals surface area contributed by atoms with Crippen LogP contribution in [0.2, 0.25) is 0 Å². The number of hydrogen-bond donors (Lipinski definition) is 2. The SMILES string of the molecule is NCl.O=[N+]([O-])O. The number of nitrogens with two attached hydrogens (primary N) is 1. The van der Waals surface area contributed by atoms with Crippen LogP contribution < -0.4 is 5.25 Å². The highest BCUT2D eigenvalue weighted by Crippen LogP contribution is 1.38. The Kier molecular flexibility index (Phi) is 13.3. The van der Waals surface area contributed by atoms with Crippen molar-refractivity contribution in [2.75, 3.05) is 0 Å². The van der Waals surface area contributed by atoms with Crippen LogP contribution in [0.1, 0.15) is 0 Å². The van der Waals surface area contributed by atoms with Gasteiger partial charge in [0.25, 0.3) is 5.09 Å². The molecule has 0 unspecified atom stereocenters. The summed E-state index contributed by atoms with van der Waals surface area (Å²) in [6.07, 6.45) is 0. The Bertz CT molecular complexity index is 31.8. The topological polar surface area (TPSA) is 89.4 Å². The van der Waals surface area contributed by atoms with Gasteiger partial charge >= 0.3 is 0 Å². The number of nitrogens with zero attached hydrogens (tertiary/aromatic N) is 1. The molecule has 0 rings (SSSR count). The monoisotopic (exact) mass is 114 g/mol. The van der Waals surface area contributed by atoms with Gasteiger partial charge in [0.15, 0.2) is 0 Å². The highest BCUT2D eigenvalue weighted by molar-refractivity contribution is 6.11. The second-order valence-corrected chi connectivity index (χ2v) is 0.238. The summed E-state index contributed by atoms with van der Waals surface area (Å²) < 4.78 is 0. The van der Waals surface area contributed by atoms with Gasteiger partial charge in [0.2, 0.25) is 0 Å². The predicted molar refractivity (Wildman–Crippen MR) is 18.8 cm³/mol. The van der Waals surface area contributed by atoms with Gasteiger partial charge in [0.05, 0.1) is 0 Å². The van der Waals surface area contributed by atoms with E-state index in [9.17, 15) is 0 Å². The highest BCUT2D eigenvalue weighted by atomic mass is 35.5. The zero-order valence-corrected chi connectivity index (χ0v) is 3.42. The normalized spacial score (nSPS) is 5.00. The molecule has 5 nitrogen and oxygen atoms in total. The van der Waals surface area contributed by atoms with Crippen molar-refractivity contribution in [2.24, 2.45) is 5.25 Å². The number of hydrogen-bond acceptors (Lipinski definition) is 3. The smallest absolute Gasteiger partial charge is 0.291 e. The molecule has 0 aliphatic heterocycles. The molecule has 0 radical (unpaired) electrons. The van der Waals surface area contributed by atoms with Crippen molar-refractivity contribution in [1.82, 2.24) is 0 Å². The van der Waals surface area contributed by atoms with E-state index < -0.39 is 5.09 Å². The molecule has 0 saturated heterocycles. The van der Waals surface area contributed by atoms with Crippen LogP contribution in [-0.4, -0.2) is 10.3 Å². The third kappa shape index (κ3) is 68.5. The Balaban J connectivity index is 0. The van der Waals surface area contributed by atoms with Crippen molar-refractivity contribution < 1.29 is 10.3 Å². The maximum Gasteiger partial charge on any atom is 0.291 e. The summed E-state index contributed by atoms with van der Waals surface area (Å²) in [7, 11) is 0. The number of halogens is 1. The van der Waals surface area contributed by atoms with Crippen LogP contribution in [0.5, 0.6) is 0 Å². The number of rotatable bonds is 0. The Hall–Kier alpha value is -0.550. The third-order valence-corrected chi connectivity index (χ3v) is 0. The first-order chi connectivity index (χ1) is 2.73. The Labute approximate surface area is 38.5 Å². The molecule has 0 aromatic rings. The molecule has 0 aromatic heterocycles. The maximum absolute atomic E-state index is 8.36. The van der Waals surface area contributed by atoms with Crippen molar-refractivity contribution in [1.29, 1.82) is 0 Å². The van der Waals surface area contributed by atoms with E-state index >= 15 is 0 Å². The van der Waals surface area contributed by atoms with Crippen LogP contribution in [0.3, 0.4) is 0 Å². The summed E-state index contributed by atoms with van der Waals surface area (Å²) in [5, 5.41) is 17.6. The van der Waals surface area contributed by atoms with Crippen LogP contribution in [-0.2, 0) is 0 Å². The fourth-order valence-electron chi connectivity index (χ4n) is 0. The fraction of sp³-hybridized carbons (Fsp3) is 0. The van der Waals surface area contributed by atoms with Crippen molar-refractivity contribution in [3.05, 3.63) is 10.1 Å². The van der Waals surface area contributed by atoms with Crippen LogP contribution in [0, 0.1) is 10.1 Å². The molecular weight excluding hydrogens is 111 g/mol. The summed E-state index contributed by atoms with van der Waals surface area (Å²) in [4.78, 5) is 8.36. The van der Waals surface area contributed by atoms with Gasteiger partial charge in [0.1, 0.15) is 0 Å². The summed E-state index contributed by atoms with van der Waals surface area (Å²) in [5.41, 5.74) is 0. The van der Waals surface area contributed by atoms with E-state index in [0.717, 1.165) is 0 Å². The quantitative estimate of drug-likeness (QED) is 0.258. The van der Waals surface area contributed by atoms with E-state index in [0.29, 0.717) is 0 Å². The van der Waals surface area contributed by atoms with Crippen LogP contribution >= 0.6 is 11.8 Å². The molecule has 0 aliphatic rings. The van der Waals surface area contributed by atoms with Crippen LogP contribution in [0.4, 0.5) is 0 Å². The minimum Gasteiger partial charge on any atom is -0.328 e. The molecule has 0 bridgehead atoms. The molecule has 3 N–H and O–H groups in total. The molecule has 0 amide bonds. The molecule has 0 aromatic carbocycles. The van der Waals surface area contributed by atoms with Gasteiger partial charge in [-0.1, -0.05) is 0 Å². The van der Waals surface area contributed by atoms with E-state index in [-0.39, 0.29) is 0 Å². The molecule has 0 heterocycles. The molecule has 6 heteroatoms. The van der Waals surface area contributed by atoms with Crippen molar-refractivity contribution in [3.8, 4) is 0 Å². The lowest BCUT2D eigenvalue weighted by Gasteiger charge is -1.56. The fourth-order valence-corrected chi connectivity index (χ4v) is 0. The molecule has 6 heavy (non-hydrogen) atoms. The highest BCUT2D eigenvalue weighted by Gasteiger charge is 1.65. The standard InChI is InChI=1S/ClH2N.HNO3/c1-2;2-1(3)4/h2H2;(H,2,3,4). The Morgan fingerprint density at radius 3 is 1.83 bits per heavy atom. The van der Waals surface area contributed by atoms with E-state index in [1.54, 1.807) is 0 Å². The van der Waals surface area contributed by atoms with Gasteiger partial charge in [-0.2, -0.15) is 0 Å². The van der Waals surface area contributed by atoms with E-state index in [2.05, 4.69) is 17.0 Å². The zero-order valence-electron chi connectivity index (χ0n) is 2.67. The minimum atomic E-state index is -1.50. The predicted octanol–water partition coefficient (Wildman–Crippen LogP) is -0.249. The minimum absolute atomic E-state index is 1.50. The van der Waals surface area contributed by atoms with Gasteiger partial charge in [-0.3, -0.25) is 0 Å². The van der Waals surface area contributed by atoms with Crippen molar-refractivity contribution >= 4 is 11.8 Å². The van der Waals surface area contributed by atoms with Crippen molar-refractivity contribution in [2.45, 2.75) is 0 Å². The Morgan fingerprint density at radius 1 is 1.83 bits per heavy atom. The van der Waals surface area contributed by atoms with Gasteiger partial charge in [0, 0.05) is 0 Å². The summed E-state index contributed by atoms with van der Waals surface area (Å²) >= 11 is 4.14. The lowest BCUT2D eigenvalue weighted by atomic mass is 13.1. The first-order valence-corrected chi connectivity index (χ1v) is 1.22. The van der Waals surface area contributed by atoms with Gasteiger partial charge in [-0.25, -0.2) is 5.25 Å². The van der Waals surface area contributed by atoms with E-state index in [1.165, 1.54) is 0 Å². The second-order valence-electron chi connectivity index (χ2n) is 0.238. The summed E-state index contributed by atoms with van der Waals surface area (Å²) in [6, 6.07) is 0. The van der Waals surface area contributed by atoms with E-state index in [4.69, 9.17) is 15.3 Å². The first kappa shape index (κ1) is 9.07. The van der Waals surface area contributed by atoms with E-state index in [1.807, 2.05) is 0 Å². The van der Waals surface area contributed by atoms with Gasteiger partial charge < -0.3 is 5.21 Å².